The highest BCUT2D eigenvalue weighted by atomic mass is 35.5. The molecule has 0 aliphatic carbocycles. The molecule has 1 aliphatic rings. The first-order valence-corrected chi connectivity index (χ1v) is 10.6. The van der Waals surface area contributed by atoms with Gasteiger partial charge in [0.05, 0.1) is 11.5 Å². The number of hydrogen-bond donors (Lipinski definition) is 5. The van der Waals surface area contributed by atoms with Crippen molar-refractivity contribution in [2.45, 2.75) is 30.5 Å². The van der Waals surface area contributed by atoms with E-state index in [0.717, 1.165) is 11.1 Å². The zero-order valence-electron chi connectivity index (χ0n) is 15.5. The van der Waals surface area contributed by atoms with Crippen LogP contribution in [0.4, 0.5) is 0 Å². The van der Waals surface area contributed by atoms with E-state index in [2.05, 4.69) is 10.1 Å². The fourth-order valence-corrected chi connectivity index (χ4v) is 3.99. The Bertz CT molecular complexity index is 923. The maximum absolute atomic E-state index is 11.0. The minimum atomic E-state index is -1.64. The molecule has 5 atom stereocenters. The predicted molar refractivity (Wildman–Crippen MR) is 119 cm³/mol. The summed E-state index contributed by atoms with van der Waals surface area (Å²) in [5.74, 6) is 0. The van der Waals surface area contributed by atoms with Crippen LogP contribution in [0.3, 0.4) is 0 Å². The number of rotatable bonds is 6. The second-order valence-electron chi connectivity index (χ2n) is 6.54. The van der Waals surface area contributed by atoms with Gasteiger partial charge in [-0.15, -0.1) is 11.3 Å². The van der Waals surface area contributed by atoms with Crippen LogP contribution in [0.2, 0.25) is 5.02 Å². The SMILES string of the molecule is OC[C@@H](O)[C@@H](O)[C@H](O)/C=N/C(=S)N1N=C(c2cccs2)C(O)C1c1ccc(Cl)cc1. The lowest BCUT2D eigenvalue weighted by Gasteiger charge is -2.25. The van der Waals surface area contributed by atoms with Gasteiger partial charge in [0.15, 0.2) is 0 Å². The molecule has 30 heavy (non-hydrogen) atoms. The summed E-state index contributed by atoms with van der Waals surface area (Å²) in [4.78, 5) is 4.75. The molecular formula is C19H20ClN3O5S2. The third-order valence-electron chi connectivity index (χ3n) is 4.51. The lowest BCUT2D eigenvalue weighted by molar-refractivity contribution is -0.0541. The Kier molecular flexibility index (Phi) is 7.66. The monoisotopic (exact) mass is 469 g/mol. The highest BCUT2D eigenvalue weighted by Crippen LogP contribution is 2.35. The van der Waals surface area contributed by atoms with Crippen LogP contribution < -0.4 is 0 Å². The number of aliphatic imine (C=N–C) groups is 1. The van der Waals surface area contributed by atoms with Gasteiger partial charge in [-0.3, -0.25) is 0 Å². The number of hydrazone groups is 1. The van der Waals surface area contributed by atoms with E-state index in [1.54, 1.807) is 24.3 Å². The summed E-state index contributed by atoms with van der Waals surface area (Å²) >= 11 is 12.7. The van der Waals surface area contributed by atoms with Crippen molar-refractivity contribution in [3.63, 3.8) is 0 Å². The first-order chi connectivity index (χ1) is 14.3. The summed E-state index contributed by atoms with van der Waals surface area (Å²) in [6.45, 7) is -0.720. The Balaban J connectivity index is 1.88. The minimum Gasteiger partial charge on any atom is -0.394 e. The first kappa shape index (κ1) is 22.9. The first-order valence-electron chi connectivity index (χ1n) is 8.91. The Morgan fingerprint density at radius 2 is 1.97 bits per heavy atom. The van der Waals surface area contributed by atoms with E-state index in [1.807, 2.05) is 17.5 Å². The van der Waals surface area contributed by atoms with Crippen molar-refractivity contribution >= 4 is 52.2 Å². The molecular weight excluding hydrogens is 450 g/mol. The molecule has 0 fully saturated rings. The van der Waals surface area contributed by atoms with Crippen LogP contribution >= 0.6 is 35.2 Å². The largest absolute Gasteiger partial charge is 0.394 e. The van der Waals surface area contributed by atoms with Crippen molar-refractivity contribution < 1.29 is 25.5 Å². The van der Waals surface area contributed by atoms with Crippen LogP contribution in [0.5, 0.6) is 0 Å². The average Bonchev–Trinajstić information content (AvgIpc) is 3.39. The number of nitrogens with zero attached hydrogens (tertiary/aromatic N) is 3. The van der Waals surface area contributed by atoms with Crippen LogP contribution in [0.1, 0.15) is 16.5 Å². The van der Waals surface area contributed by atoms with E-state index in [0.29, 0.717) is 16.3 Å². The predicted octanol–water partition coefficient (Wildman–Crippen LogP) is 0.954. The molecule has 1 aliphatic heterocycles. The van der Waals surface area contributed by atoms with Crippen molar-refractivity contribution in [1.29, 1.82) is 0 Å². The van der Waals surface area contributed by atoms with Gasteiger partial charge in [0, 0.05) is 11.2 Å². The average molecular weight is 470 g/mol. The third kappa shape index (κ3) is 4.93. The van der Waals surface area contributed by atoms with Crippen LogP contribution in [0.15, 0.2) is 51.9 Å². The lowest BCUT2D eigenvalue weighted by atomic mass is 9.98. The Hall–Kier alpha value is -1.76. The van der Waals surface area contributed by atoms with E-state index >= 15 is 0 Å². The highest BCUT2D eigenvalue weighted by Gasteiger charge is 2.40. The van der Waals surface area contributed by atoms with Crippen LogP contribution in [0.25, 0.3) is 0 Å². The van der Waals surface area contributed by atoms with Gasteiger partial charge in [-0.05, 0) is 41.4 Å². The van der Waals surface area contributed by atoms with Gasteiger partial charge in [0.25, 0.3) is 0 Å². The molecule has 0 spiro atoms. The van der Waals surface area contributed by atoms with E-state index in [4.69, 9.17) is 28.9 Å². The Labute approximate surface area is 187 Å². The zero-order chi connectivity index (χ0) is 21.8. The van der Waals surface area contributed by atoms with Gasteiger partial charge in [0.2, 0.25) is 5.11 Å². The molecule has 1 aromatic heterocycles. The summed E-state index contributed by atoms with van der Waals surface area (Å²) in [5, 5.41) is 57.1. The number of thiophene rings is 1. The van der Waals surface area contributed by atoms with E-state index in [1.165, 1.54) is 16.3 Å². The number of aliphatic hydroxyl groups is 5. The molecule has 2 heterocycles. The maximum Gasteiger partial charge on any atom is 0.216 e. The number of hydrogen-bond acceptors (Lipinski definition) is 8. The molecule has 2 unspecified atom stereocenters. The summed E-state index contributed by atoms with van der Waals surface area (Å²) in [7, 11) is 0. The number of halogens is 1. The van der Waals surface area contributed by atoms with Gasteiger partial charge in [-0.25, -0.2) is 10.0 Å². The fraction of sp³-hybridized carbons (Fsp3) is 0.316. The van der Waals surface area contributed by atoms with Crippen LogP contribution in [-0.2, 0) is 0 Å². The molecule has 0 bridgehead atoms. The number of benzene rings is 1. The van der Waals surface area contributed by atoms with Crippen molar-refractivity contribution in [2.75, 3.05) is 6.61 Å². The van der Waals surface area contributed by atoms with Crippen molar-refractivity contribution in [1.82, 2.24) is 5.01 Å². The molecule has 5 N–H and O–H groups in total. The van der Waals surface area contributed by atoms with Crippen molar-refractivity contribution in [3.05, 3.63) is 57.2 Å². The Morgan fingerprint density at radius 3 is 2.57 bits per heavy atom. The summed E-state index contributed by atoms with van der Waals surface area (Å²) in [5.41, 5.74) is 1.13. The Morgan fingerprint density at radius 1 is 1.27 bits per heavy atom. The van der Waals surface area contributed by atoms with Crippen LogP contribution in [-0.4, -0.2) is 78.6 Å². The molecule has 11 heteroatoms. The van der Waals surface area contributed by atoms with Gasteiger partial charge in [-0.1, -0.05) is 29.8 Å². The van der Waals surface area contributed by atoms with Gasteiger partial charge >= 0.3 is 0 Å². The molecule has 8 nitrogen and oxygen atoms in total. The van der Waals surface area contributed by atoms with E-state index in [9.17, 15) is 20.4 Å². The molecule has 0 amide bonds. The molecule has 3 rings (SSSR count). The quantitative estimate of drug-likeness (QED) is 0.314. The summed E-state index contributed by atoms with van der Waals surface area (Å²) in [6.07, 6.45) is -4.77. The van der Waals surface area contributed by atoms with Gasteiger partial charge in [0.1, 0.15) is 36.2 Å². The van der Waals surface area contributed by atoms with Gasteiger partial charge in [-0.2, -0.15) is 5.10 Å². The third-order valence-corrected chi connectivity index (χ3v) is 5.95. The normalized spacial score (nSPS) is 22.2. The highest BCUT2D eigenvalue weighted by molar-refractivity contribution is 7.80. The van der Waals surface area contributed by atoms with Gasteiger partial charge < -0.3 is 25.5 Å². The molecule has 0 radical (unpaired) electrons. The van der Waals surface area contributed by atoms with E-state index < -0.39 is 37.1 Å². The smallest absolute Gasteiger partial charge is 0.216 e. The minimum absolute atomic E-state index is 0.0645. The molecule has 1 aromatic carbocycles. The standard InChI is InChI=1S/C19H20ClN3O5S2/c20-11-5-3-10(4-6-11)16-18(28)15(14-2-1-7-30-14)22-23(16)19(29)21-8-12(25)17(27)13(26)9-24/h1-8,12-13,16-18,24-28H,9H2/b21-8+/t12-,13-,16?,17+,18?/m1/s1. The van der Waals surface area contributed by atoms with Crippen molar-refractivity contribution in [3.8, 4) is 0 Å². The summed E-state index contributed by atoms with van der Waals surface area (Å²) in [6, 6.07) is 9.88. The number of thiocarbonyl (C=S) groups is 1. The second kappa shape index (κ2) is 10.0. The maximum atomic E-state index is 11.0. The zero-order valence-corrected chi connectivity index (χ0v) is 17.9. The van der Waals surface area contributed by atoms with Crippen LogP contribution in [0, 0.1) is 0 Å². The topological polar surface area (TPSA) is 129 Å². The number of aliphatic hydroxyl groups excluding tert-OH is 5. The lowest BCUT2D eigenvalue weighted by Crippen LogP contribution is -2.40. The molecule has 0 saturated heterocycles. The molecule has 0 saturated carbocycles. The summed E-state index contributed by atoms with van der Waals surface area (Å²) < 4.78 is 0. The second-order valence-corrected chi connectivity index (χ2v) is 8.29. The van der Waals surface area contributed by atoms with Crippen molar-refractivity contribution in [2.24, 2.45) is 10.1 Å². The molecule has 2 aromatic rings. The molecule has 160 valence electrons. The van der Waals surface area contributed by atoms with E-state index in [-0.39, 0.29) is 5.11 Å². The fourth-order valence-electron chi connectivity index (χ4n) is 2.91.